The number of amides is 1. The molecule has 154 valence electrons. The van der Waals surface area contributed by atoms with Crippen LogP contribution in [0.5, 0.6) is 17.2 Å². The molecule has 2 aromatic rings. The molecule has 0 aromatic heterocycles. The Bertz CT molecular complexity index is 898. The Morgan fingerprint density at radius 3 is 2.48 bits per heavy atom. The van der Waals surface area contributed by atoms with E-state index in [2.05, 4.69) is 15.2 Å². The zero-order chi connectivity index (χ0) is 20.9. The van der Waals surface area contributed by atoms with Crippen LogP contribution in [0.1, 0.15) is 12.5 Å². The number of nitrogens with zero attached hydrogens (tertiary/aromatic N) is 1. The molecule has 0 aliphatic carbocycles. The first-order valence-corrected chi connectivity index (χ1v) is 8.52. The minimum absolute atomic E-state index is 0.292. The minimum Gasteiger partial charge on any atom is -0.486 e. The quantitative estimate of drug-likeness (QED) is 0.580. The number of hydrogen-bond donors (Lipinski definition) is 1. The zero-order valence-electron chi connectivity index (χ0n) is 15.3. The van der Waals surface area contributed by atoms with Crippen LogP contribution in [0, 0.1) is 0 Å². The minimum atomic E-state index is -4.77. The van der Waals surface area contributed by atoms with Crippen molar-refractivity contribution < 1.29 is 37.0 Å². The molecule has 0 radical (unpaired) electrons. The maximum atomic E-state index is 12.1. The van der Waals surface area contributed by atoms with Crippen LogP contribution in [0.3, 0.4) is 0 Å². The van der Waals surface area contributed by atoms with Crippen molar-refractivity contribution >= 4 is 17.3 Å². The topological polar surface area (TPSA) is 78.4 Å². The zero-order valence-corrected chi connectivity index (χ0v) is 15.3. The van der Waals surface area contributed by atoms with Crippen molar-refractivity contribution in [2.75, 3.05) is 25.1 Å². The predicted molar refractivity (Wildman–Crippen MR) is 97.3 cm³/mol. The molecule has 0 saturated heterocycles. The van der Waals surface area contributed by atoms with Crippen molar-refractivity contribution in [2.45, 2.75) is 13.3 Å². The lowest BCUT2D eigenvalue weighted by Crippen LogP contribution is -2.18. The number of hydrogen-bond acceptors (Lipinski definition) is 6. The summed E-state index contributed by atoms with van der Waals surface area (Å²) in [7, 11) is 0. The fourth-order valence-corrected chi connectivity index (χ4v) is 2.45. The Kier molecular flexibility index (Phi) is 6.10. The van der Waals surface area contributed by atoms with Gasteiger partial charge in [0.1, 0.15) is 19.0 Å². The molecule has 7 nitrogen and oxygen atoms in total. The highest BCUT2D eigenvalue weighted by molar-refractivity contribution is 5.99. The summed E-state index contributed by atoms with van der Waals surface area (Å²) in [4.78, 5) is 16.9. The largest absolute Gasteiger partial charge is 0.573 e. The number of halogens is 3. The third kappa shape index (κ3) is 6.03. The van der Waals surface area contributed by atoms with Gasteiger partial charge in [0, 0.05) is 11.3 Å². The van der Waals surface area contributed by atoms with Gasteiger partial charge in [-0.15, -0.1) is 13.2 Å². The van der Waals surface area contributed by atoms with E-state index in [-0.39, 0.29) is 12.4 Å². The molecule has 0 saturated carbocycles. The summed E-state index contributed by atoms with van der Waals surface area (Å²) in [6.07, 6.45) is -4.77. The summed E-state index contributed by atoms with van der Waals surface area (Å²) < 4.78 is 51.1. The van der Waals surface area contributed by atoms with E-state index in [0.29, 0.717) is 36.1 Å². The van der Waals surface area contributed by atoms with Crippen LogP contribution in [0.2, 0.25) is 0 Å². The van der Waals surface area contributed by atoms with Gasteiger partial charge in [-0.3, -0.25) is 4.79 Å². The van der Waals surface area contributed by atoms with Crippen molar-refractivity contribution in [3.63, 3.8) is 0 Å². The maximum absolute atomic E-state index is 12.1. The van der Waals surface area contributed by atoms with Crippen LogP contribution < -0.4 is 19.5 Å². The van der Waals surface area contributed by atoms with Gasteiger partial charge in [-0.1, -0.05) is 5.16 Å². The molecule has 0 unspecified atom stereocenters. The SMILES string of the molecule is C/C(=N/OCC(=O)Nc1ccc(OC(F)(F)F)cc1)c1ccc2c(c1)OCCO2. The van der Waals surface area contributed by atoms with Crippen molar-refractivity contribution in [3.05, 3.63) is 48.0 Å². The second-order valence-electron chi connectivity index (χ2n) is 5.93. The fourth-order valence-electron chi connectivity index (χ4n) is 2.45. The molecule has 0 spiro atoms. The molecular formula is C19H17F3N2O5. The van der Waals surface area contributed by atoms with Crippen LogP contribution in [0.4, 0.5) is 18.9 Å². The van der Waals surface area contributed by atoms with Gasteiger partial charge >= 0.3 is 6.36 Å². The number of alkyl halides is 3. The smallest absolute Gasteiger partial charge is 0.486 e. The number of ether oxygens (including phenoxy) is 3. The molecule has 1 aliphatic heterocycles. The van der Waals surface area contributed by atoms with Gasteiger partial charge in [0.15, 0.2) is 18.1 Å². The second-order valence-corrected chi connectivity index (χ2v) is 5.93. The monoisotopic (exact) mass is 410 g/mol. The molecular weight excluding hydrogens is 393 g/mol. The Morgan fingerprint density at radius 2 is 1.79 bits per heavy atom. The van der Waals surface area contributed by atoms with E-state index in [9.17, 15) is 18.0 Å². The number of anilines is 1. The number of nitrogens with one attached hydrogen (secondary N) is 1. The maximum Gasteiger partial charge on any atom is 0.573 e. The molecule has 1 heterocycles. The van der Waals surface area contributed by atoms with Gasteiger partial charge in [0.05, 0.1) is 5.71 Å². The number of fused-ring (bicyclic) bond motifs is 1. The first-order valence-electron chi connectivity index (χ1n) is 8.52. The molecule has 0 fully saturated rings. The van der Waals surface area contributed by atoms with Crippen molar-refractivity contribution in [3.8, 4) is 17.2 Å². The van der Waals surface area contributed by atoms with E-state index in [4.69, 9.17) is 14.3 Å². The Balaban J connectivity index is 1.50. The van der Waals surface area contributed by atoms with Crippen LogP contribution in [-0.2, 0) is 9.63 Å². The van der Waals surface area contributed by atoms with E-state index in [1.54, 1.807) is 25.1 Å². The molecule has 1 N–H and O–H groups in total. The third-order valence-electron chi connectivity index (χ3n) is 3.73. The van der Waals surface area contributed by atoms with Crippen molar-refractivity contribution in [1.29, 1.82) is 0 Å². The molecule has 2 aromatic carbocycles. The highest BCUT2D eigenvalue weighted by atomic mass is 19.4. The van der Waals surface area contributed by atoms with Gasteiger partial charge < -0.3 is 24.4 Å². The van der Waals surface area contributed by atoms with E-state index in [1.165, 1.54) is 12.1 Å². The van der Waals surface area contributed by atoms with Crippen molar-refractivity contribution in [2.24, 2.45) is 5.16 Å². The Labute approximate surface area is 164 Å². The number of oxime groups is 1. The number of carbonyl (C=O) groups excluding carboxylic acids is 1. The van der Waals surface area contributed by atoms with Crippen LogP contribution >= 0.6 is 0 Å². The van der Waals surface area contributed by atoms with E-state index in [1.807, 2.05) is 0 Å². The van der Waals surface area contributed by atoms with E-state index >= 15 is 0 Å². The normalized spacial score (nSPS) is 13.6. The summed E-state index contributed by atoms with van der Waals surface area (Å²) in [6, 6.07) is 10.1. The van der Waals surface area contributed by atoms with E-state index < -0.39 is 12.3 Å². The summed E-state index contributed by atoms with van der Waals surface area (Å²) in [6.45, 7) is 2.30. The molecule has 1 aliphatic rings. The first kappa shape index (κ1) is 20.3. The van der Waals surface area contributed by atoms with E-state index in [0.717, 1.165) is 17.7 Å². The van der Waals surface area contributed by atoms with Crippen LogP contribution in [-0.4, -0.2) is 37.8 Å². The summed E-state index contributed by atoms with van der Waals surface area (Å²) in [5.74, 6) is 0.360. The van der Waals surface area contributed by atoms with Crippen LogP contribution in [0.15, 0.2) is 47.6 Å². The molecule has 1 amide bonds. The van der Waals surface area contributed by atoms with Gasteiger partial charge in [0.2, 0.25) is 0 Å². The van der Waals surface area contributed by atoms with Gasteiger partial charge in [-0.05, 0) is 49.4 Å². The fraction of sp³-hybridized carbons (Fsp3) is 0.263. The lowest BCUT2D eigenvalue weighted by molar-refractivity contribution is -0.274. The number of benzene rings is 2. The van der Waals surface area contributed by atoms with Gasteiger partial charge in [-0.2, -0.15) is 0 Å². The highest BCUT2D eigenvalue weighted by Crippen LogP contribution is 2.31. The summed E-state index contributed by atoms with van der Waals surface area (Å²) in [5.41, 5.74) is 1.57. The number of rotatable bonds is 6. The lowest BCUT2D eigenvalue weighted by Gasteiger charge is -2.18. The van der Waals surface area contributed by atoms with Crippen LogP contribution in [0.25, 0.3) is 0 Å². The average molecular weight is 410 g/mol. The molecule has 10 heteroatoms. The average Bonchev–Trinajstić information content (AvgIpc) is 2.68. The summed E-state index contributed by atoms with van der Waals surface area (Å²) in [5, 5.41) is 6.37. The lowest BCUT2D eigenvalue weighted by atomic mass is 10.1. The standard InChI is InChI=1S/C19H17F3N2O5/c1-12(13-2-7-16-17(10-13)27-9-8-26-16)24-28-11-18(25)23-14-3-5-15(6-4-14)29-19(20,21)22/h2-7,10H,8-9,11H2,1H3,(H,23,25)/b24-12-. The van der Waals surface area contributed by atoms with Gasteiger partial charge in [-0.25, -0.2) is 0 Å². The predicted octanol–water partition coefficient (Wildman–Crippen LogP) is 3.74. The Morgan fingerprint density at radius 1 is 1.10 bits per heavy atom. The molecule has 0 atom stereocenters. The highest BCUT2D eigenvalue weighted by Gasteiger charge is 2.30. The molecule has 29 heavy (non-hydrogen) atoms. The summed E-state index contributed by atoms with van der Waals surface area (Å²) >= 11 is 0. The first-order chi connectivity index (χ1) is 13.8. The second kappa shape index (κ2) is 8.72. The molecule has 0 bridgehead atoms. The Hall–Kier alpha value is -3.43. The van der Waals surface area contributed by atoms with Crippen molar-refractivity contribution in [1.82, 2.24) is 0 Å². The third-order valence-corrected chi connectivity index (χ3v) is 3.73. The number of carbonyl (C=O) groups is 1. The van der Waals surface area contributed by atoms with Gasteiger partial charge in [0.25, 0.3) is 5.91 Å². The molecule has 3 rings (SSSR count).